The number of nitrogens with one attached hydrogen (secondary N) is 1. The van der Waals surface area contributed by atoms with E-state index in [1.165, 1.54) is 16.5 Å². The summed E-state index contributed by atoms with van der Waals surface area (Å²) in [5.74, 6) is 0.227. The predicted octanol–water partition coefficient (Wildman–Crippen LogP) is 3.50. The molecule has 1 fully saturated rings. The lowest BCUT2D eigenvalue weighted by atomic mass is 9.90. The molecule has 204 valence electrons. The van der Waals surface area contributed by atoms with E-state index in [1.54, 1.807) is 10.7 Å². The lowest BCUT2D eigenvalue weighted by molar-refractivity contribution is -0.136. The van der Waals surface area contributed by atoms with Gasteiger partial charge in [0.05, 0.1) is 24.0 Å². The van der Waals surface area contributed by atoms with Crippen LogP contribution in [-0.4, -0.2) is 60.3 Å². The number of imidazole rings is 1. The van der Waals surface area contributed by atoms with Crippen molar-refractivity contribution in [3.8, 4) is 11.3 Å². The number of nitrogens with zero attached hydrogens (tertiary/aromatic N) is 5. The molecular formula is C29H33ClN6O3. The molecular weight excluding hydrogens is 516 g/mol. The molecule has 6 rings (SSSR count). The fourth-order valence-corrected chi connectivity index (χ4v) is 5.61. The fourth-order valence-electron chi connectivity index (χ4n) is 5.61. The number of benzene rings is 2. The summed E-state index contributed by atoms with van der Waals surface area (Å²) < 4.78 is 3.01. The monoisotopic (exact) mass is 548 g/mol. The number of hydrogen-bond donors (Lipinski definition) is 2. The van der Waals surface area contributed by atoms with Crippen LogP contribution >= 0.6 is 12.4 Å². The minimum atomic E-state index is -1.09. The highest BCUT2D eigenvalue weighted by molar-refractivity contribution is 5.85. The SMILES string of the molecule is C[C@H](CC(=O)N1CCC(O)(Cn2cnn3c(-c4ccc5c(c4)CCN5)cnc3c2=O)CC1)c1ccccc1.Cl. The van der Waals surface area contributed by atoms with Crippen molar-refractivity contribution >= 4 is 29.6 Å². The third kappa shape index (κ3) is 5.29. The second-order valence-corrected chi connectivity index (χ2v) is 10.6. The van der Waals surface area contributed by atoms with Gasteiger partial charge in [-0.3, -0.25) is 14.2 Å². The van der Waals surface area contributed by atoms with E-state index in [2.05, 4.69) is 28.4 Å². The van der Waals surface area contributed by atoms with Crippen molar-refractivity contribution in [2.75, 3.05) is 25.0 Å². The van der Waals surface area contributed by atoms with E-state index in [-0.39, 0.29) is 42.0 Å². The van der Waals surface area contributed by atoms with Crippen LogP contribution in [0.5, 0.6) is 0 Å². The molecule has 2 aromatic heterocycles. The molecule has 1 atom stereocenters. The molecule has 1 saturated heterocycles. The number of aliphatic hydroxyl groups is 1. The van der Waals surface area contributed by atoms with Crippen LogP contribution in [0.4, 0.5) is 5.69 Å². The van der Waals surface area contributed by atoms with Crippen LogP contribution in [0.1, 0.15) is 43.2 Å². The van der Waals surface area contributed by atoms with Crippen LogP contribution in [0, 0.1) is 0 Å². The maximum atomic E-state index is 13.3. The summed E-state index contributed by atoms with van der Waals surface area (Å²) in [7, 11) is 0. The van der Waals surface area contributed by atoms with Gasteiger partial charge in [0.15, 0.2) is 0 Å². The van der Waals surface area contributed by atoms with Crippen LogP contribution in [0.25, 0.3) is 16.9 Å². The summed E-state index contributed by atoms with van der Waals surface area (Å²) in [5, 5.41) is 19.1. The molecule has 39 heavy (non-hydrogen) atoms. The number of halogens is 1. The Morgan fingerprint density at radius 3 is 2.69 bits per heavy atom. The van der Waals surface area contributed by atoms with Gasteiger partial charge < -0.3 is 15.3 Å². The number of fused-ring (bicyclic) bond motifs is 2. The van der Waals surface area contributed by atoms with E-state index in [4.69, 9.17) is 0 Å². The average Bonchev–Trinajstić information content (AvgIpc) is 3.58. The zero-order chi connectivity index (χ0) is 26.3. The van der Waals surface area contributed by atoms with Gasteiger partial charge in [0.25, 0.3) is 5.56 Å². The Hall–Kier alpha value is -3.69. The quantitative estimate of drug-likeness (QED) is 0.382. The van der Waals surface area contributed by atoms with Crippen LogP contribution < -0.4 is 10.9 Å². The molecule has 2 N–H and O–H groups in total. The molecule has 2 aromatic carbocycles. The second kappa shape index (κ2) is 10.8. The van der Waals surface area contributed by atoms with E-state index >= 15 is 0 Å². The Bertz CT molecular complexity index is 1540. The number of likely N-dealkylation sites (tertiary alicyclic amines) is 1. The van der Waals surface area contributed by atoms with Crippen LogP contribution in [-0.2, 0) is 17.8 Å². The molecule has 2 aliphatic rings. The van der Waals surface area contributed by atoms with Gasteiger partial charge in [-0.25, -0.2) is 9.50 Å². The van der Waals surface area contributed by atoms with Gasteiger partial charge in [0.2, 0.25) is 11.6 Å². The zero-order valence-electron chi connectivity index (χ0n) is 21.9. The highest BCUT2D eigenvalue weighted by Crippen LogP contribution is 2.29. The first kappa shape index (κ1) is 26.9. The summed E-state index contributed by atoms with van der Waals surface area (Å²) in [6.45, 7) is 4.02. The zero-order valence-corrected chi connectivity index (χ0v) is 22.7. The van der Waals surface area contributed by atoms with Crippen molar-refractivity contribution in [2.45, 2.75) is 50.7 Å². The van der Waals surface area contributed by atoms with E-state index < -0.39 is 5.60 Å². The van der Waals surface area contributed by atoms with Crippen molar-refractivity contribution in [1.29, 1.82) is 0 Å². The highest BCUT2D eigenvalue weighted by atomic mass is 35.5. The fraction of sp³-hybridized carbons (Fsp3) is 0.379. The number of anilines is 1. The van der Waals surface area contributed by atoms with E-state index in [1.807, 2.05) is 47.4 Å². The Balaban J connectivity index is 0.00000308. The van der Waals surface area contributed by atoms with Crippen molar-refractivity contribution < 1.29 is 9.90 Å². The summed E-state index contributed by atoms with van der Waals surface area (Å²) >= 11 is 0. The molecule has 0 saturated carbocycles. The minimum absolute atomic E-state index is 0. The standard InChI is InChI=1S/C29H32N6O3.ClH/c1-20(21-5-3-2-4-6-21)15-26(36)33-13-10-29(38,11-14-33)18-34-19-32-35-25(17-31-27(35)28(34)37)23-7-8-24-22(16-23)9-12-30-24;/h2-8,16-17,19-20,30,38H,9-15,18H2,1H3;1H/t20-;/m1./s1. The predicted molar refractivity (Wildman–Crippen MR) is 152 cm³/mol. The Morgan fingerprint density at radius 2 is 1.92 bits per heavy atom. The molecule has 0 unspecified atom stereocenters. The minimum Gasteiger partial charge on any atom is -0.388 e. The van der Waals surface area contributed by atoms with Crippen molar-refractivity contribution in [3.63, 3.8) is 0 Å². The van der Waals surface area contributed by atoms with Gasteiger partial charge in [-0.1, -0.05) is 43.3 Å². The Morgan fingerprint density at radius 1 is 1.15 bits per heavy atom. The van der Waals surface area contributed by atoms with Crippen molar-refractivity contribution in [1.82, 2.24) is 24.1 Å². The molecule has 0 bridgehead atoms. The first-order valence-electron chi connectivity index (χ1n) is 13.3. The number of rotatable bonds is 6. The number of amides is 1. The van der Waals surface area contributed by atoms with Gasteiger partial charge in [-0.05, 0) is 48.4 Å². The summed E-state index contributed by atoms with van der Waals surface area (Å²) in [6, 6.07) is 16.2. The Labute approximate surface area is 232 Å². The maximum Gasteiger partial charge on any atom is 0.296 e. The smallest absolute Gasteiger partial charge is 0.296 e. The first-order chi connectivity index (χ1) is 18.4. The number of aromatic nitrogens is 4. The topological polar surface area (TPSA) is 105 Å². The summed E-state index contributed by atoms with van der Waals surface area (Å²) in [6.07, 6.45) is 5.36. The molecule has 2 aliphatic heterocycles. The highest BCUT2D eigenvalue weighted by Gasteiger charge is 2.35. The van der Waals surface area contributed by atoms with E-state index in [0.717, 1.165) is 35.5 Å². The molecule has 0 spiro atoms. The van der Waals surface area contributed by atoms with Gasteiger partial charge in [0.1, 0.15) is 6.33 Å². The Kier molecular flexibility index (Phi) is 7.46. The molecule has 4 heterocycles. The van der Waals surface area contributed by atoms with Gasteiger partial charge in [-0.2, -0.15) is 5.10 Å². The normalized spacial score (nSPS) is 16.8. The summed E-state index contributed by atoms with van der Waals surface area (Å²) in [5.41, 5.74) is 4.10. The molecule has 1 amide bonds. The third-order valence-electron chi connectivity index (χ3n) is 7.97. The average molecular weight is 549 g/mol. The van der Waals surface area contributed by atoms with Gasteiger partial charge in [-0.15, -0.1) is 12.4 Å². The third-order valence-corrected chi connectivity index (χ3v) is 7.97. The van der Waals surface area contributed by atoms with E-state index in [9.17, 15) is 14.7 Å². The van der Waals surface area contributed by atoms with Crippen molar-refractivity contribution in [3.05, 3.63) is 82.5 Å². The molecule has 10 heteroatoms. The molecule has 4 aromatic rings. The van der Waals surface area contributed by atoms with E-state index in [0.29, 0.717) is 32.4 Å². The van der Waals surface area contributed by atoms with Gasteiger partial charge >= 0.3 is 0 Å². The maximum absolute atomic E-state index is 13.3. The van der Waals surface area contributed by atoms with Crippen LogP contribution in [0.2, 0.25) is 0 Å². The van der Waals surface area contributed by atoms with Gasteiger partial charge in [0, 0.05) is 37.3 Å². The number of piperidine rings is 1. The second-order valence-electron chi connectivity index (χ2n) is 10.6. The molecule has 0 aliphatic carbocycles. The van der Waals surface area contributed by atoms with Crippen LogP contribution in [0.15, 0.2) is 65.8 Å². The molecule has 0 radical (unpaired) electrons. The lowest BCUT2D eigenvalue weighted by Gasteiger charge is -2.38. The van der Waals surface area contributed by atoms with Crippen molar-refractivity contribution in [2.24, 2.45) is 0 Å². The number of carbonyl (C=O) groups excluding carboxylic acids is 1. The lowest BCUT2D eigenvalue weighted by Crippen LogP contribution is -2.50. The van der Waals surface area contributed by atoms with Crippen LogP contribution in [0.3, 0.4) is 0 Å². The number of hydrogen-bond acceptors (Lipinski definition) is 6. The summed E-state index contributed by atoms with van der Waals surface area (Å²) in [4.78, 5) is 32.4. The first-order valence-corrected chi connectivity index (χ1v) is 13.3. The number of carbonyl (C=O) groups is 1. The largest absolute Gasteiger partial charge is 0.388 e. The molecule has 9 nitrogen and oxygen atoms in total.